The van der Waals surface area contributed by atoms with E-state index >= 15 is 0 Å². The van der Waals surface area contributed by atoms with Crippen LogP contribution in [0.25, 0.3) is 0 Å². The van der Waals surface area contributed by atoms with Gasteiger partial charge in [-0.05, 0) is 12.0 Å². The number of carbonyl (C=O) groups is 3. The monoisotopic (exact) mass is 309 g/mol. The highest BCUT2D eigenvalue weighted by Crippen LogP contribution is 2.13. The molecule has 0 radical (unpaired) electrons. The quantitative estimate of drug-likeness (QED) is 0.376. The second-order valence-electron chi connectivity index (χ2n) is 4.24. The Bertz CT molecular complexity index is 598. The lowest BCUT2D eigenvalue weighted by atomic mass is 10.2. The van der Waals surface area contributed by atoms with Gasteiger partial charge in [-0.3, -0.25) is 9.63 Å². The van der Waals surface area contributed by atoms with Crippen LogP contribution < -0.4 is 0 Å². The number of carboxylic acid groups (broad SMARTS) is 2. The van der Waals surface area contributed by atoms with Crippen molar-refractivity contribution >= 4 is 17.8 Å². The zero-order valence-electron chi connectivity index (χ0n) is 11.7. The van der Waals surface area contributed by atoms with Gasteiger partial charge in [0.25, 0.3) is 5.91 Å². The first-order valence-corrected chi connectivity index (χ1v) is 6.14. The highest BCUT2D eigenvalue weighted by Gasteiger charge is 2.16. The third-order valence-corrected chi connectivity index (χ3v) is 2.71. The van der Waals surface area contributed by atoms with E-state index in [9.17, 15) is 14.4 Å². The van der Waals surface area contributed by atoms with Crippen LogP contribution in [0.2, 0.25) is 0 Å². The normalized spacial score (nSPS) is 14.7. The van der Waals surface area contributed by atoms with Crippen LogP contribution >= 0.6 is 0 Å². The second-order valence-corrected chi connectivity index (χ2v) is 4.24. The van der Waals surface area contributed by atoms with Gasteiger partial charge in [0, 0.05) is 5.57 Å². The first kappa shape index (κ1) is 17.2. The van der Waals surface area contributed by atoms with Crippen molar-refractivity contribution in [3.63, 3.8) is 0 Å². The molecule has 0 bridgehead atoms. The summed E-state index contributed by atoms with van der Waals surface area (Å²) in [5, 5.41) is 27.3. The van der Waals surface area contributed by atoms with Crippen LogP contribution in [0, 0.1) is 0 Å². The summed E-state index contributed by atoms with van der Waals surface area (Å²) < 4.78 is 0. The number of aliphatic hydroxyl groups is 1. The van der Waals surface area contributed by atoms with Crippen LogP contribution in [0.1, 0.15) is 6.42 Å². The molecule has 0 spiro atoms. The van der Waals surface area contributed by atoms with E-state index in [2.05, 4.69) is 0 Å². The number of hydrogen-bond acceptors (Lipinski definition) is 5. The molecule has 8 nitrogen and oxygen atoms in total. The minimum atomic E-state index is -1.63. The third kappa shape index (κ3) is 4.91. The number of aliphatic hydroxyl groups excluding tert-OH is 1. The lowest BCUT2D eigenvalue weighted by Gasteiger charge is -2.18. The van der Waals surface area contributed by atoms with Crippen LogP contribution in [0.3, 0.4) is 0 Å². The van der Waals surface area contributed by atoms with Gasteiger partial charge in [-0.2, -0.15) is 0 Å². The molecule has 0 aromatic heterocycles. The van der Waals surface area contributed by atoms with E-state index in [1.807, 2.05) is 0 Å². The molecule has 1 amide bonds. The average molecular weight is 309 g/mol. The molecule has 118 valence electrons. The predicted octanol–water partition coefficient (Wildman–Crippen LogP) is 0.800. The lowest BCUT2D eigenvalue weighted by molar-refractivity contribution is -0.168. The SMILES string of the molecule is CON(CC1=CC=C(C(=O)O)CC=C1)C(=O)/C=C(\O)C(=O)O. The van der Waals surface area contributed by atoms with Gasteiger partial charge >= 0.3 is 11.9 Å². The van der Waals surface area contributed by atoms with E-state index in [4.69, 9.17) is 20.2 Å². The molecule has 1 aliphatic rings. The maximum absolute atomic E-state index is 11.8. The van der Waals surface area contributed by atoms with Gasteiger partial charge in [0.05, 0.1) is 19.7 Å². The Morgan fingerprint density at radius 2 is 1.95 bits per heavy atom. The first-order valence-electron chi connectivity index (χ1n) is 6.14. The van der Waals surface area contributed by atoms with Gasteiger partial charge in [-0.25, -0.2) is 14.7 Å². The topological polar surface area (TPSA) is 124 Å². The number of nitrogens with zero attached hydrogens (tertiary/aromatic N) is 1. The Kier molecular flexibility index (Phi) is 6.09. The minimum absolute atomic E-state index is 0.0430. The van der Waals surface area contributed by atoms with Crippen molar-refractivity contribution in [1.82, 2.24) is 5.06 Å². The van der Waals surface area contributed by atoms with E-state index in [1.165, 1.54) is 19.3 Å². The van der Waals surface area contributed by atoms with Crippen molar-refractivity contribution in [3.05, 3.63) is 47.3 Å². The highest BCUT2D eigenvalue weighted by molar-refractivity contribution is 5.95. The summed E-state index contributed by atoms with van der Waals surface area (Å²) in [6, 6.07) is 0. The average Bonchev–Trinajstić information content (AvgIpc) is 2.69. The van der Waals surface area contributed by atoms with Crippen LogP contribution in [0.5, 0.6) is 0 Å². The van der Waals surface area contributed by atoms with Gasteiger partial charge in [-0.15, -0.1) is 0 Å². The molecular weight excluding hydrogens is 294 g/mol. The smallest absolute Gasteiger partial charge is 0.371 e. The molecule has 0 heterocycles. The molecule has 1 rings (SSSR count). The molecule has 0 saturated heterocycles. The van der Waals surface area contributed by atoms with Crippen molar-refractivity contribution in [2.24, 2.45) is 0 Å². The molecular formula is C14H15NO7. The Morgan fingerprint density at radius 3 is 2.50 bits per heavy atom. The van der Waals surface area contributed by atoms with Crippen molar-refractivity contribution in [2.75, 3.05) is 13.7 Å². The van der Waals surface area contributed by atoms with Crippen molar-refractivity contribution in [1.29, 1.82) is 0 Å². The largest absolute Gasteiger partial charge is 0.502 e. The van der Waals surface area contributed by atoms with Crippen LogP contribution in [0.4, 0.5) is 0 Å². The third-order valence-electron chi connectivity index (χ3n) is 2.71. The van der Waals surface area contributed by atoms with E-state index in [1.54, 1.807) is 12.2 Å². The fourth-order valence-corrected chi connectivity index (χ4v) is 1.58. The molecule has 0 aromatic rings. The Morgan fingerprint density at radius 1 is 1.27 bits per heavy atom. The van der Waals surface area contributed by atoms with Crippen molar-refractivity contribution in [2.45, 2.75) is 6.42 Å². The summed E-state index contributed by atoms with van der Waals surface area (Å²) in [5.74, 6) is -4.63. The number of rotatable bonds is 6. The Balaban J connectivity index is 2.86. The highest BCUT2D eigenvalue weighted by atomic mass is 16.7. The van der Waals surface area contributed by atoms with Crippen LogP contribution in [-0.4, -0.2) is 51.9 Å². The number of carboxylic acids is 2. The summed E-state index contributed by atoms with van der Waals surface area (Å²) in [4.78, 5) is 37.9. The van der Waals surface area contributed by atoms with E-state index in [-0.39, 0.29) is 18.5 Å². The lowest BCUT2D eigenvalue weighted by Crippen LogP contribution is -2.30. The fourth-order valence-electron chi connectivity index (χ4n) is 1.58. The number of amides is 1. The maximum Gasteiger partial charge on any atom is 0.371 e. The summed E-state index contributed by atoms with van der Waals surface area (Å²) in [7, 11) is 1.21. The molecule has 8 heteroatoms. The van der Waals surface area contributed by atoms with Gasteiger partial charge in [0.15, 0.2) is 0 Å². The van der Waals surface area contributed by atoms with Gasteiger partial charge < -0.3 is 15.3 Å². The molecule has 0 fully saturated rings. The molecule has 1 aliphatic carbocycles. The number of hydrogen-bond donors (Lipinski definition) is 3. The van der Waals surface area contributed by atoms with E-state index in [0.717, 1.165) is 5.06 Å². The Hall–Kier alpha value is -2.87. The van der Waals surface area contributed by atoms with Gasteiger partial charge in [0.2, 0.25) is 5.76 Å². The summed E-state index contributed by atoms with van der Waals surface area (Å²) >= 11 is 0. The molecule has 3 N–H and O–H groups in total. The Labute approximate surface area is 125 Å². The molecule has 0 aliphatic heterocycles. The molecule has 0 unspecified atom stereocenters. The predicted molar refractivity (Wildman–Crippen MR) is 74.6 cm³/mol. The van der Waals surface area contributed by atoms with Crippen LogP contribution in [0.15, 0.2) is 47.3 Å². The van der Waals surface area contributed by atoms with Crippen molar-refractivity contribution < 1.29 is 34.5 Å². The summed E-state index contributed by atoms with van der Waals surface area (Å²) in [6.07, 6.45) is 6.96. The van der Waals surface area contributed by atoms with Crippen LogP contribution in [-0.2, 0) is 19.2 Å². The zero-order valence-corrected chi connectivity index (χ0v) is 11.7. The summed E-state index contributed by atoms with van der Waals surface area (Å²) in [5.41, 5.74) is 0.777. The van der Waals surface area contributed by atoms with E-state index < -0.39 is 23.6 Å². The maximum atomic E-state index is 11.8. The molecule has 22 heavy (non-hydrogen) atoms. The zero-order chi connectivity index (χ0) is 16.7. The number of hydroxylamine groups is 2. The number of aliphatic carboxylic acids is 2. The summed E-state index contributed by atoms with van der Waals surface area (Å²) in [6.45, 7) is -0.0430. The standard InChI is InChI=1S/C14H15NO7/c1-22-15(12(17)7-11(16)14(20)21)8-9-3-2-4-10(6-5-9)13(18)19/h2-3,5-7,16H,4,8H2,1H3,(H,18,19)(H,20,21)/b11-7-. The number of carbonyl (C=O) groups excluding carboxylic acids is 1. The van der Waals surface area contributed by atoms with Crippen molar-refractivity contribution in [3.8, 4) is 0 Å². The van der Waals surface area contributed by atoms with E-state index in [0.29, 0.717) is 11.6 Å². The van der Waals surface area contributed by atoms with Gasteiger partial charge in [-0.1, -0.05) is 24.3 Å². The fraction of sp³-hybridized carbons (Fsp3) is 0.214. The van der Waals surface area contributed by atoms with Gasteiger partial charge in [0.1, 0.15) is 0 Å². The number of allylic oxidation sites excluding steroid dienone is 3. The second kappa shape index (κ2) is 7.79. The first-order chi connectivity index (χ1) is 10.3. The molecule has 0 atom stereocenters. The molecule has 0 saturated carbocycles. The minimum Gasteiger partial charge on any atom is -0.502 e. The molecule has 0 aromatic carbocycles.